The first-order valence-corrected chi connectivity index (χ1v) is 11.7. The van der Waals surface area contributed by atoms with Crippen molar-refractivity contribution in [3.8, 4) is 11.4 Å². The third-order valence-electron chi connectivity index (χ3n) is 7.56. The van der Waals surface area contributed by atoms with Crippen LogP contribution in [-0.4, -0.2) is 38.0 Å². The van der Waals surface area contributed by atoms with Gasteiger partial charge in [-0.1, -0.05) is 25.1 Å². The molecule has 0 bridgehead atoms. The average Bonchev–Trinajstić information content (AvgIpc) is 3.43. The SMILES string of the molecule is CC[C@@]1(O)C(=O)OCc2c1c(C(C)N1CCCC1=O)c1n(c2=O)Cc2cc3ccccc3nc2-1. The topological polar surface area (TPSA) is 102 Å². The Bertz CT molecular complexity index is 1460. The molecule has 3 aromatic rings. The van der Waals surface area contributed by atoms with Gasteiger partial charge in [0.2, 0.25) is 5.91 Å². The number of carbonyl (C=O) groups excluding carboxylic acids is 2. The summed E-state index contributed by atoms with van der Waals surface area (Å²) < 4.78 is 6.94. The first-order valence-electron chi connectivity index (χ1n) is 11.7. The monoisotopic (exact) mass is 459 g/mol. The van der Waals surface area contributed by atoms with Crippen LogP contribution >= 0.6 is 0 Å². The number of para-hydroxylation sites is 1. The summed E-state index contributed by atoms with van der Waals surface area (Å²) >= 11 is 0. The van der Waals surface area contributed by atoms with Crippen LogP contribution in [0.3, 0.4) is 0 Å². The van der Waals surface area contributed by atoms with Crippen LogP contribution in [0.15, 0.2) is 35.1 Å². The van der Waals surface area contributed by atoms with Crippen LogP contribution in [-0.2, 0) is 33.1 Å². The molecule has 2 atom stereocenters. The number of likely N-dealkylation sites (tertiary alicyclic amines) is 1. The highest BCUT2D eigenvalue weighted by atomic mass is 16.6. The summed E-state index contributed by atoms with van der Waals surface area (Å²) in [5.41, 5.74) is 1.85. The molecule has 2 aromatic heterocycles. The van der Waals surface area contributed by atoms with Gasteiger partial charge in [-0.25, -0.2) is 9.78 Å². The van der Waals surface area contributed by atoms with Crippen molar-refractivity contribution < 1.29 is 19.4 Å². The summed E-state index contributed by atoms with van der Waals surface area (Å²) in [5.74, 6) is -0.743. The molecular formula is C26H25N3O5. The Hall–Kier alpha value is -3.52. The predicted molar refractivity (Wildman–Crippen MR) is 124 cm³/mol. The van der Waals surface area contributed by atoms with E-state index in [0.717, 1.165) is 22.9 Å². The molecule has 8 nitrogen and oxygen atoms in total. The van der Waals surface area contributed by atoms with Gasteiger partial charge in [0.05, 0.1) is 35.1 Å². The summed E-state index contributed by atoms with van der Waals surface area (Å²) in [7, 11) is 0. The summed E-state index contributed by atoms with van der Waals surface area (Å²) in [6, 6.07) is 9.34. The highest BCUT2D eigenvalue weighted by Gasteiger charge is 2.49. The van der Waals surface area contributed by atoms with E-state index >= 15 is 0 Å². The van der Waals surface area contributed by atoms with Gasteiger partial charge in [0, 0.05) is 35.0 Å². The number of hydrogen-bond donors (Lipinski definition) is 1. The number of rotatable bonds is 3. The molecule has 34 heavy (non-hydrogen) atoms. The van der Waals surface area contributed by atoms with Gasteiger partial charge < -0.3 is 19.3 Å². The zero-order chi connectivity index (χ0) is 23.8. The minimum absolute atomic E-state index is 0.0225. The van der Waals surface area contributed by atoms with E-state index in [1.54, 1.807) is 16.4 Å². The molecule has 0 saturated carbocycles. The number of aromatic nitrogens is 2. The predicted octanol–water partition coefficient (Wildman–Crippen LogP) is 2.76. The van der Waals surface area contributed by atoms with E-state index in [4.69, 9.17) is 9.72 Å². The number of amides is 1. The second kappa shape index (κ2) is 7.24. The van der Waals surface area contributed by atoms with Gasteiger partial charge in [0.15, 0.2) is 5.60 Å². The number of nitrogens with zero attached hydrogens (tertiary/aromatic N) is 3. The van der Waals surface area contributed by atoms with Crippen LogP contribution in [0, 0.1) is 0 Å². The Morgan fingerprint density at radius 2 is 2.03 bits per heavy atom. The zero-order valence-corrected chi connectivity index (χ0v) is 19.1. The maximum absolute atomic E-state index is 13.7. The summed E-state index contributed by atoms with van der Waals surface area (Å²) in [6.07, 6.45) is 1.26. The fraction of sp³-hybridized carbons (Fsp3) is 0.385. The first kappa shape index (κ1) is 21.0. The molecule has 1 fully saturated rings. The molecule has 1 aromatic carbocycles. The Morgan fingerprint density at radius 3 is 2.76 bits per heavy atom. The lowest BCUT2D eigenvalue weighted by Gasteiger charge is -2.37. The van der Waals surface area contributed by atoms with Crippen molar-refractivity contribution in [2.45, 2.75) is 57.9 Å². The van der Waals surface area contributed by atoms with Crippen LogP contribution < -0.4 is 5.56 Å². The summed E-state index contributed by atoms with van der Waals surface area (Å²) in [5, 5.41) is 12.5. The van der Waals surface area contributed by atoms with Gasteiger partial charge in [-0.3, -0.25) is 9.59 Å². The molecule has 174 valence electrons. The Labute approximate surface area is 195 Å². The van der Waals surface area contributed by atoms with E-state index in [9.17, 15) is 19.5 Å². The fourth-order valence-electron chi connectivity index (χ4n) is 5.79. The van der Waals surface area contributed by atoms with Gasteiger partial charge in [-0.05, 0) is 31.9 Å². The van der Waals surface area contributed by atoms with E-state index in [-0.39, 0.29) is 35.6 Å². The number of pyridine rings is 2. The van der Waals surface area contributed by atoms with Crippen molar-refractivity contribution >= 4 is 22.8 Å². The largest absolute Gasteiger partial charge is 0.458 e. The molecule has 1 N–H and O–H groups in total. The highest BCUT2D eigenvalue weighted by molar-refractivity contribution is 5.88. The molecule has 0 aliphatic carbocycles. The molecule has 3 aliphatic rings. The number of aliphatic hydroxyl groups is 1. The number of benzene rings is 1. The van der Waals surface area contributed by atoms with Crippen LogP contribution in [0.1, 0.15) is 61.4 Å². The molecule has 1 unspecified atom stereocenters. The number of carbonyl (C=O) groups is 2. The first-order chi connectivity index (χ1) is 16.3. The number of hydrogen-bond acceptors (Lipinski definition) is 6. The van der Waals surface area contributed by atoms with Crippen molar-refractivity contribution in [2.24, 2.45) is 0 Å². The van der Waals surface area contributed by atoms with Gasteiger partial charge in [0.1, 0.15) is 6.61 Å². The second-order valence-electron chi connectivity index (χ2n) is 9.35. The van der Waals surface area contributed by atoms with Crippen LogP contribution in [0.4, 0.5) is 0 Å². The van der Waals surface area contributed by atoms with E-state index < -0.39 is 17.6 Å². The maximum Gasteiger partial charge on any atom is 0.343 e. The summed E-state index contributed by atoms with van der Waals surface area (Å²) in [4.78, 5) is 45.9. The van der Waals surface area contributed by atoms with Crippen molar-refractivity contribution in [3.05, 3.63) is 62.9 Å². The molecule has 1 saturated heterocycles. The van der Waals surface area contributed by atoms with Crippen molar-refractivity contribution in [1.29, 1.82) is 0 Å². The molecule has 6 rings (SSSR count). The van der Waals surface area contributed by atoms with E-state index in [1.165, 1.54) is 0 Å². The van der Waals surface area contributed by atoms with Crippen molar-refractivity contribution in [1.82, 2.24) is 14.5 Å². The van der Waals surface area contributed by atoms with E-state index in [1.807, 2.05) is 37.3 Å². The quantitative estimate of drug-likeness (QED) is 0.473. The Balaban J connectivity index is 1.72. The minimum atomic E-state index is -1.96. The van der Waals surface area contributed by atoms with E-state index in [0.29, 0.717) is 36.5 Å². The van der Waals surface area contributed by atoms with Gasteiger partial charge in [-0.15, -0.1) is 0 Å². The standard InChI is InChI=1S/C26H25N3O5/c1-3-26(33)21-17(13-34-25(26)32)24(31)29-12-16-11-15-7-4-5-8-18(15)27-22(16)23(29)20(21)14(2)28-10-6-9-19(28)30/h4-5,7-8,11,14,33H,3,6,9-10,12-13H2,1-2H3/t14?,26-/m0/s1. The van der Waals surface area contributed by atoms with Crippen LogP contribution in [0.2, 0.25) is 0 Å². The lowest BCUT2D eigenvalue weighted by atomic mass is 9.80. The second-order valence-corrected chi connectivity index (χ2v) is 9.35. The lowest BCUT2D eigenvalue weighted by molar-refractivity contribution is -0.172. The minimum Gasteiger partial charge on any atom is -0.458 e. The lowest BCUT2D eigenvalue weighted by Crippen LogP contribution is -2.46. The summed E-state index contributed by atoms with van der Waals surface area (Å²) in [6.45, 7) is 4.31. The molecule has 5 heterocycles. The fourth-order valence-corrected chi connectivity index (χ4v) is 5.79. The normalized spacial score (nSPS) is 21.9. The van der Waals surface area contributed by atoms with Crippen LogP contribution in [0.5, 0.6) is 0 Å². The number of esters is 1. The number of ether oxygens (including phenoxy) is 1. The molecule has 0 radical (unpaired) electrons. The Morgan fingerprint density at radius 1 is 1.24 bits per heavy atom. The van der Waals surface area contributed by atoms with Gasteiger partial charge in [-0.2, -0.15) is 0 Å². The molecular weight excluding hydrogens is 434 g/mol. The third kappa shape index (κ3) is 2.69. The average molecular weight is 460 g/mol. The zero-order valence-electron chi connectivity index (χ0n) is 19.1. The van der Waals surface area contributed by atoms with Crippen molar-refractivity contribution in [3.63, 3.8) is 0 Å². The van der Waals surface area contributed by atoms with Crippen molar-refractivity contribution in [2.75, 3.05) is 6.54 Å². The smallest absolute Gasteiger partial charge is 0.343 e. The van der Waals surface area contributed by atoms with Gasteiger partial charge in [0.25, 0.3) is 5.56 Å². The number of fused-ring (bicyclic) bond motifs is 5. The molecule has 8 heteroatoms. The highest BCUT2D eigenvalue weighted by Crippen LogP contribution is 2.46. The molecule has 3 aliphatic heterocycles. The Kier molecular flexibility index (Phi) is 4.48. The van der Waals surface area contributed by atoms with Crippen LogP contribution in [0.25, 0.3) is 22.3 Å². The molecule has 1 amide bonds. The molecule has 0 spiro atoms. The number of cyclic esters (lactones) is 1. The third-order valence-corrected chi connectivity index (χ3v) is 7.56. The van der Waals surface area contributed by atoms with E-state index in [2.05, 4.69) is 0 Å². The maximum atomic E-state index is 13.7. The van der Waals surface area contributed by atoms with Gasteiger partial charge >= 0.3 is 5.97 Å².